The third-order valence-corrected chi connectivity index (χ3v) is 4.57. The van der Waals surface area contributed by atoms with E-state index in [9.17, 15) is 0 Å². The van der Waals surface area contributed by atoms with Gasteiger partial charge in [0.25, 0.3) is 0 Å². The van der Waals surface area contributed by atoms with Crippen LogP contribution in [0.5, 0.6) is 0 Å². The van der Waals surface area contributed by atoms with E-state index in [1.165, 1.54) is 16.3 Å². The van der Waals surface area contributed by atoms with Gasteiger partial charge in [0, 0.05) is 19.0 Å². The van der Waals surface area contributed by atoms with Crippen LogP contribution in [0.2, 0.25) is 0 Å². The van der Waals surface area contributed by atoms with Crippen LogP contribution >= 0.6 is 0 Å². The first-order valence-corrected chi connectivity index (χ1v) is 8.32. The number of aliphatic imine (C=N–C) groups is 1. The van der Waals surface area contributed by atoms with Gasteiger partial charge in [-0.3, -0.25) is 4.99 Å². The van der Waals surface area contributed by atoms with Gasteiger partial charge >= 0.3 is 0 Å². The van der Waals surface area contributed by atoms with E-state index in [1.807, 2.05) is 12.1 Å². The number of fused-ring (bicyclic) bond motifs is 1. The zero-order chi connectivity index (χ0) is 16.4. The Kier molecular flexibility index (Phi) is 3.95. The quantitative estimate of drug-likeness (QED) is 0.570. The smallest absolute Gasteiger partial charge is 0.191 e. The molecule has 0 bridgehead atoms. The molecule has 122 valence electrons. The van der Waals surface area contributed by atoms with Crippen molar-refractivity contribution in [1.29, 1.82) is 0 Å². The van der Waals surface area contributed by atoms with Crippen LogP contribution in [0, 0.1) is 0 Å². The average molecular weight is 319 g/mol. The molecule has 3 aromatic rings. The van der Waals surface area contributed by atoms with Gasteiger partial charge in [-0.15, -0.1) is 0 Å². The van der Waals surface area contributed by atoms with Gasteiger partial charge in [-0.25, -0.2) is 0 Å². The molecule has 1 fully saturated rings. The monoisotopic (exact) mass is 319 g/mol. The minimum Gasteiger partial charge on any atom is -0.467 e. The summed E-state index contributed by atoms with van der Waals surface area (Å²) in [5.74, 6) is 2.26. The lowest BCUT2D eigenvalue weighted by Crippen LogP contribution is -2.38. The number of guanidine groups is 1. The predicted octanol–water partition coefficient (Wildman–Crippen LogP) is 3.65. The van der Waals surface area contributed by atoms with Crippen LogP contribution in [0.1, 0.15) is 23.7 Å². The molecule has 1 heterocycles. The van der Waals surface area contributed by atoms with Crippen molar-refractivity contribution in [3.05, 3.63) is 72.2 Å². The second-order valence-electron chi connectivity index (χ2n) is 6.17. The lowest BCUT2D eigenvalue weighted by atomic mass is 10.0. The Morgan fingerprint density at radius 3 is 2.83 bits per heavy atom. The Balaban J connectivity index is 1.42. The number of hydrogen-bond donors (Lipinski definition) is 2. The Labute approximate surface area is 141 Å². The number of nitrogens with zero attached hydrogens (tertiary/aromatic N) is 1. The molecule has 1 saturated carbocycles. The first-order valence-electron chi connectivity index (χ1n) is 8.32. The van der Waals surface area contributed by atoms with Crippen LogP contribution in [0.15, 0.2) is 70.3 Å². The lowest BCUT2D eigenvalue weighted by molar-refractivity contribution is 0.501. The van der Waals surface area contributed by atoms with Crippen molar-refractivity contribution in [2.75, 3.05) is 7.05 Å². The van der Waals surface area contributed by atoms with Gasteiger partial charge in [0.15, 0.2) is 5.96 Å². The van der Waals surface area contributed by atoms with Crippen LogP contribution in [0.4, 0.5) is 0 Å². The van der Waals surface area contributed by atoms with E-state index in [0.717, 1.165) is 18.1 Å². The predicted molar refractivity (Wildman–Crippen MR) is 97.1 cm³/mol. The van der Waals surface area contributed by atoms with E-state index in [-0.39, 0.29) is 0 Å². The summed E-state index contributed by atoms with van der Waals surface area (Å²) in [6, 6.07) is 19.4. The van der Waals surface area contributed by atoms with Crippen molar-refractivity contribution in [3.63, 3.8) is 0 Å². The van der Waals surface area contributed by atoms with Gasteiger partial charge in [0.05, 0.1) is 12.8 Å². The second-order valence-corrected chi connectivity index (χ2v) is 6.17. The van der Waals surface area contributed by atoms with Gasteiger partial charge < -0.3 is 15.1 Å². The molecular weight excluding hydrogens is 298 g/mol. The highest BCUT2D eigenvalue weighted by atomic mass is 16.3. The summed E-state index contributed by atoms with van der Waals surface area (Å²) in [6.45, 7) is 0.637. The highest BCUT2D eigenvalue weighted by molar-refractivity contribution is 5.87. The summed E-state index contributed by atoms with van der Waals surface area (Å²) in [5.41, 5.74) is 1.42. The molecule has 0 radical (unpaired) electrons. The van der Waals surface area contributed by atoms with E-state index >= 15 is 0 Å². The fourth-order valence-electron chi connectivity index (χ4n) is 3.23. The molecule has 2 aromatic carbocycles. The SMILES string of the molecule is CN=C(NCc1ccco1)N[C@@H]1C[C@H]1c1cccc2ccccc12. The lowest BCUT2D eigenvalue weighted by Gasteiger charge is -2.11. The maximum Gasteiger partial charge on any atom is 0.191 e. The van der Waals surface area contributed by atoms with Crippen molar-refractivity contribution in [1.82, 2.24) is 10.6 Å². The summed E-state index contributed by atoms with van der Waals surface area (Å²) in [6.07, 6.45) is 2.82. The molecule has 0 aliphatic heterocycles. The van der Waals surface area contributed by atoms with Crippen LogP contribution in [-0.2, 0) is 6.54 Å². The second kappa shape index (κ2) is 6.40. The number of benzene rings is 2. The Bertz CT molecular complexity index is 849. The molecule has 1 aliphatic rings. The van der Waals surface area contributed by atoms with Crippen LogP contribution in [-0.4, -0.2) is 19.0 Å². The molecule has 0 unspecified atom stereocenters. The summed E-state index contributed by atoms with van der Waals surface area (Å²) in [5, 5.41) is 9.47. The van der Waals surface area contributed by atoms with Crippen LogP contribution in [0.3, 0.4) is 0 Å². The fourth-order valence-corrected chi connectivity index (χ4v) is 3.23. The topological polar surface area (TPSA) is 49.6 Å². The zero-order valence-electron chi connectivity index (χ0n) is 13.7. The molecule has 0 amide bonds. The minimum absolute atomic E-state index is 0.429. The maximum atomic E-state index is 5.34. The molecule has 24 heavy (non-hydrogen) atoms. The third-order valence-electron chi connectivity index (χ3n) is 4.57. The van der Waals surface area contributed by atoms with Crippen LogP contribution in [0.25, 0.3) is 10.8 Å². The molecule has 1 aromatic heterocycles. The summed E-state index contributed by atoms with van der Waals surface area (Å²) >= 11 is 0. The molecule has 2 atom stereocenters. The number of rotatable bonds is 4. The summed E-state index contributed by atoms with van der Waals surface area (Å²) < 4.78 is 5.34. The maximum absolute atomic E-state index is 5.34. The highest BCUT2D eigenvalue weighted by Crippen LogP contribution is 2.43. The molecule has 1 aliphatic carbocycles. The first-order chi connectivity index (χ1) is 11.8. The first kappa shape index (κ1) is 14.8. The van der Waals surface area contributed by atoms with Gasteiger partial charge in [-0.1, -0.05) is 42.5 Å². The van der Waals surface area contributed by atoms with E-state index in [2.05, 4.69) is 58.1 Å². The Hall–Kier alpha value is -2.75. The molecular formula is C20H21N3O. The average Bonchev–Trinajstić information content (AvgIpc) is 3.18. The van der Waals surface area contributed by atoms with Crippen molar-refractivity contribution >= 4 is 16.7 Å². The van der Waals surface area contributed by atoms with E-state index in [1.54, 1.807) is 13.3 Å². The Morgan fingerprint density at radius 2 is 2.00 bits per heavy atom. The highest BCUT2D eigenvalue weighted by Gasteiger charge is 2.39. The molecule has 4 heteroatoms. The van der Waals surface area contributed by atoms with E-state index in [4.69, 9.17) is 4.42 Å². The van der Waals surface area contributed by atoms with E-state index in [0.29, 0.717) is 18.5 Å². The van der Waals surface area contributed by atoms with Crippen molar-refractivity contribution in [2.24, 2.45) is 4.99 Å². The molecule has 2 N–H and O–H groups in total. The molecule has 0 spiro atoms. The number of furan rings is 1. The molecule has 4 nitrogen and oxygen atoms in total. The normalized spacial score (nSPS) is 20.1. The van der Waals surface area contributed by atoms with E-state index < -0.39 is 0 Å². The Morgan fingerprint density at radius 1 is 1.12 bits per heavy atom. The van der Waals surface area contributed by atoms with Crippen LogP contribution < -0.4 is 10.6 Å². The van der Waals surface area contributed by atoms with Crippen molar-refractivity contribution in [2.45, 2.75) is 24.9 Å². The van der Waals surface area contributed by atoms with Crippen molar-refractivity contribution < 1.29 is 4.42 Å². The molecule has 4 rings (SSSR count). The minimum atomic E-state index is 0.429. The fraction of sp³-hybridized carbons (Fsp3) is 0.250. The van der Waals surface area contributed by atoms with Crippen molar-refractivity contribution in [3.8, 4) is 0 Å². The summed E-state index contributed by atoms with van der Waals surface area (Å²) in [7, 11) is 1.80. The largest absolute Gasteiger partial charge is 0.467 e. The summed E-state index contributed by atoms with van der Waals surface area (Å²) in [4.78, 5) is 4.31. The molecule has 0 saturated heterocycles. The van der Waals surface area contributed by atoms with Gasteiger partial charge in [-0.2, -0.15) is 0 Å². The number of hydrogen-bond acceptors (Lipinski definition) is 2. The standard InChI is InChI=1S/C20H21N3O/c1-21-20(22-13-15-8-5-11-24-15)23-19-12-18(19)17-10-4-7-14-6-2-3-9-16(14)17/h2-11,18-19H,12-13H2,1H3,(H2,21,22,23)/t18-,19+/m0/s1. The van der Waals surface area contributed by atoms with Gasteiger partial charge in [0.1, 0.15) is 5.76 Å². The number of nitrogens with one attached hydrogen (secondary N) is 2. The third kappa shape index (κ3) is 3.00. The van der Waals surface area contributed by atoms with Gasteiger partial charge in [-0.05, 0) is 34.9 Å². The zero-order valence-corrected chi connectivity index (χ0v) is 13.7. The van der Waals surface area contributed by atoms with Gasteiger partial charge in [0.2, 0.25) is 0 Å².